The molecule has 2 N–H and O–H groups in total. The maximum absolute atomic E-state index is 11.7. The number of anilines is 2. The third kappa shape index (κ3) is 4.76. The molecular formula is C18H28N2O. The van der Waals surface area contributed by atoms with E-state index in [1.807, 2.05) is 26.0 Å². The van der Waals surface area contributed by atoms with Crippen LogP contribution in [0.15, 0.2) is 24.3 Å². The Morgan fingerprint density at radius 3 is 2.48 bits per heavy atom. The van der Waals surface area contributed by atoms with Crippen molar-refractivity contribution in [2.24, 2.45) is 11.8 Å². The van der Waals surface area contributed by atoms with Crippen LogP contribution in [0, 0.1) is 11.8 Å². The maximum atomic E-state index is 11.7. The Kier molecular flexibility index (Phi) is 5.66. The van der Waals surface area contributed by atoms with Gasteiger partial charge in [-0.1, -0.05) is 40.0 Å². The van der Waals surface area contributed by atoms with Crippen molar-refractivity contribution in [1.82, 2.24) is 0 Å². The molecule has 116 valence electrons. The summed E-state index contributed by atoms with van der Waals surface area (Å²) in [7, 11) is 0. The summed E-state index contributed by atoms with van der Waals surface area (Å²) in [5.41, 5.74) is 2.02. The van der Waals surface area contributed by atoms with E-state index in [-0.39, 0.29) is 11.8 Å². The van der Waals surface area contributed by atoms with Crippen molar-refractivity contribution in [3.8, 4) is 0 Å². The van der Waals surface area contributed by atoms with E-state index in [0.717, 1.165) is 17.3 Å². The van der Waals surface area contributed by atoms with Crippen molar-refractivity contribution in [2.75, 3.05) is 10.6 Å². The third-order valence-electron chi connectivity index (χ3n) is 4.41. The van der Waals surface area contributed by atoms with Gasteiger partial charge in [-0.3, -0.25) is 4.79 Å². The molecule has 1 amide bonds. The summed E-state index contributed by atoms with van der Waals surface area (Å²) in [6.45, 7) is 6.09. The van der Waals surface area contributed by atoms with E-state index in [0.29, 0.717) is 6.04 Å². The van der Waals surface area contributed by atoms with E-state index in [4.69, 9.17) is 0 Å². The Labute approximate surface area is 128 Å². The van der Waals surface area contributed by atoms with Gasteiger partial charge in [-0.2, -0.15) is 0 Å². The Morgan fingerprint density at radius 1 is 1.19 bits per heavy atom. The summed E-state index contributed by atoms with van der Waals surface area (Å²) >= 11 is 0. The van der Waals surface area contributed by atoms with Crippen molar-refractivity contribution in [3.63, 3.8) is 0 Å². The van der Waals surface area contributed by atoms with Crippen LogP contribution in [-0.4, -0.2) is 11.9 Å². The summed E-state index contributed by atoms with van der Waals surface area (Å²) in [5.74, 6) is 0.950. The molecule has 0 spiro atoms. The number of amides is 1. The molecule has 0 radical (unpaired) electrons. The molecule has 1 saturated carbocycles. The van der Waals surface area contributed by atoms with E-state index in [1.54, 1.807) is 0 Å². The summed E-state index contributed by atoms with van der Waals surface area (Å²) < 4.78 is 0. The van der Waals surface area contributed by atoms with E-state index in [1.165, 1.54) is 32.1 Å². The van der Waals surface area contributed by atoms with Gasteiger partial charge in [0.25, 0.3) is 0 Å². The van der Waals surface area contributed by atoms with Crippen molar-refractivity contribution < 1.29 is 4.79 Å². The Bertz CT molecular complexity index is 453. The first-order chi connectivity index (χ1) is 10.1. The number of nitrogens with one attached hydrogen (secondary N) is 2. The molecule has 3 nitrogen and oxygen atoms in total. The summed E-state index contributed by atoms with van der Waals surface area (Å²) in [4.78, 5) is 11.7. The molecular weight excluding hydrogens is 260 g/mol. The molecule has 1 aliphatic carbocycles. The second kappa shape index (κ2) is 7.48. The highest BCUT2D eigenvalue weighted by Crippen LogP contribution is 2.28. The zero-order chi connectivity index (χ0) is 15.2. The average molecular weight is 288 g/mol. The number of rotatable bonds is 5. The molecule has 2 unspecified atom stereocenters. The number of hydrogen-bond donors (Lipinski definition) is 2. The molecule has 1 aromatic rings. The van der Waals surface area contributed by atoms with E-state index < -0.39 is 0 Å². The lowest BCUT2D eigenvalue weighted by Gasteiger charge is -2.29. The predicted molar refractivity (Wildman–Crippen MR) is 89.6 cm³/mol. The van der Waals surface area contributed by atoms with Crippen molar-refractivity contribution in [3.05, 3.63) is 24.3 Å². The molecule has 0 heterocycles. The number of carbonyl (C=O) groups is 1. The lowest BCUT2D eigenvalue weighted by molar-refractivity contribution is -0.118. The van der Waals surface area contributed by atoms with Crippen molar-refractivity contribution in [1.29, 1.82) is 0 Å². The van der Waals surface area contributed by atoms with Crippen LogP contribution in [0.4, 0.5) is 11.4 Å². The molecule has 3 heteroatoms. The largest absolute Gasteiger partial charge is 0.382 e. The van der Waals surface area contributed by atoms with Gasteiger partial charge < -0.3 is 10.6 Å². The molecule has 2 atom stereocenters. The second-order valence-corrected chi connectivity index (χ2v) is 6.50. The molecule has 21 heavy (non-hydrogen) atoms. The van der Waals surface area contributed by atoms with Crippen LogP contribution >= 0.6 is 0 Å². The zero-order valence-electron chi connectivity index (χ0n) is 13.5. The van der Waals surface area contributed by atoms with Gasteiger partial charge in [0.05, 0.1) is 0 Å². The van der Waals surface area contributed by atoms with Crippen LogP contribution < -0.4 is 10.6 Å². The van der Waals surface area contributed by atoms with E-state index >= 15 is 0 Å². The molecule has 0 bridgehead atoms. The zero-order valence-corrected chi connectivity index (χ0v) is 13.5. The average Bonchev–Trinajstić information content (AvgIpc) is 2.49. The first-order valence-electron chi connectivity index (χ1n) is 8.26. The molecule has 2 rings (SSSR count). The van der Waals surface area contributed by atoms with Gasteiger partial charge in [0.1, 0.15) is 0 Å². The summed E-state index contributed by atoms with van der Waals surface area (Å²) in [5, 5.41) is 6.56. The number of benzene rings is 1. The lowest BCUT2D eigenvalue weighted by Crippen LogP contribution is -2.27. The van der Waals surface area contributed by atoms with Crippen molar-refractivity contribution >= 4 is 17.3 Å². The minimum absolute atomic E-state index is 0.0102. The normalized spacial score (nSPS) is 22.1. The predicted octanol–water partition coefficient (Wildman–Crippen LogP) is 4.66. The number of carbonyl (C=O) groups excluding carboxylic acids is 1. The van der Waals surface area contributed by atoms with Gasteiger partial charge in [-0.25, -0.2) is 0 Å². The molecule has 0 aliphatic heterocycles. The minimum Gasteiger partial charge on any atom is -0.382 e. The van der Waals surface area contributed by atoms with Gasteiger partial charge >= 0.3 is 0 Å². The van der Waals surface area contributed by atoms with Crippen LogP contribution in [-0.2, 0) is 4.79 Å². The van der Waals surface area contributed by atoms with Crippen LogP contribution in [0.3, 0.4) is 0 Å². The van der Waals surface area contributed by atoms with Crippen LogP contribution in [0.5, 0.6) is 0 Å². The quantitative estimate of drug-likeness (QED) is 0.827. The maximum Gasteiger partial charge on any atom is 0.226 e. The standard InChI is InChI=1S/C18H28N2O/c1-4-14-6-5-7-17(12-14)19-15-8-10-16(11-9-15)20-18(21)13(2)3/h8-11,13-14,17,19H,4-7,12H2,1-3H3,(H,20,21). The molecule has 1 fully saturated rings. The monoisotopic (exact) mass is 288 g/mol. The summed E-state index contributed by atoms with van der Waals surface area (Å²) in [6.07, 6.45) is 6.55. The topological polar surface area (TPSA) is 41.1 Å². The first kappa shape index (κ1) is 15.9. The third-order valence-corrected chi connectivity index (χ3v) is 4.41. The number of hydrogen-bond acceptors (Lipinski definition) is 2. The highest BCUT2D eigenvalue weighted by molar-refractivity contribution is 5.92. The van der Waals surface area contributed by atoms with Gasteiger partial charge in [0.2, 0.25) is 5.91 Å². The van der Waals surface area contributed by atoms with Crippen LogP contribution in [0.2, 0.25) is 0 Å². The smallest absolute Gasteiger partial charge is 0.226 e. The fourth-order valence-electron chi connectivity index (χ4n) is 2.96. The fourth-order valence-corrected chi connectivity index (χ4v) is 2.96. The minimum atomic E-state index is 0.0102. The van der Waals surface area contributed by atoms with Gasteiger partial charge in [-0.05, 0) is 43.0 Å². The molecule has 0 saturated heterocycles. The molecule has 1 aliphatic rings. The Hall–Kier alpha value is -1.51. The Balaban J connectivity index is 1.88. The van der Waals surface area contributed by atoms with Crippen LogP contribution in [0.25, 0.3) is 0 Å². The van der Waals surface area contributed by atoms with Gasteiger partial charge in [0.15, 0.2) is 0 Å². The van der Waals surface area contributed by atoms with Crippen molar-refractivity contribution in [2.45, 2.75) is 58.9 Å². The lowest BCUT2D eigenvalue weighted by atomic mass is 9.84. The first-order valence-corrected chi connectivity index (χ1v) is 8.26. The van der Waals surface area contributed by atoms with E-state index in [9.17, 15) is 4.79 Å². The molecule has 1 aromatic carbocycles. The second-order valence-electron chi connectivity index (χ2n) is 6.50. The molecule has 0 aromatic heterocycles. The summed E-state index contributed by atoms with van der Waals surface area (Å²) in [6, 6.07) is 8.67. The van der Waals surface area contributed by atoms with Gasteiger partial charge in [-0.15, -0.1) is 0 Å². The SMILES string of the molecule is CCC1CCCC(Nc2ccc(NC(=O)C(C)C)cc2)C1. The highest BCUT2D eigenvalue weighted by atomic mass is 16.1. The highest BCUT2D eigenvalue weighted by Gasteiger charge is 2.20. The van der Waals surface area contributed by atoms with Gasteiger partial charge in [0, 0.05) is 23.3 Å². The Morgan fingerprint density at radius 2 is 1.86 bits per heavy atom. The fraction of sp³-hybridized carbons (Fsp3) is 0.611. The van der Waals surface area contributed by atoms with E-state index in [2.05, 4.69) is 29.7 Å². The van der Waals surface area contributed by atoms with Crippen LogP contribution in [0.1, 0.15) is 52.9 Å².